The van der Waals surface area contributed by atoms with Gasteiger partial charge in [-0.3, -0.25) is 4.90 Å². The lowest BCUT2D eigenvalue weighted by atomic mass is 9.75. The van der Waals surface area contributed by atoms with Crippen LogP contribution in [0.25, 0.3) is 0 Å². The van der Waals surface area contributed by atoms with Gasteiger partial charge in [0.25, 0.3) is 0 Å². The van der Waals surface area contributed by atoms with Gasteiger partial charge in [-0.1, -0.05) is 45.3 Å². The molecule has 3 heteroatoms. The molecule has 1 fully saturated rings. The lowest BCUT2D eigenvalue weighted by Crippen LogP contribution is -2.45. The van der Waals surface area contributed by atoms with Gasteiger partial charge in [0.1, 0.15) is 0 Å². The molecule has 0 aliphatic carbocycles. The Labute approximate surface area is 102 Å². The van der Waals surface area contributed by atoms with Crippen molar-refractivity contribution in [2.24, 2.45) is 0 Å². The van der Waals surface area contributed by atoms with Crippen molar-refractivity contribution >= 4 is 7.85 Å². The third kappa shape index (κ3) is 4.46. The summed E-state index contributed by atoms with van der Waals surface area (Å²) in [6, 6.07) is 0.573. The van der Waals surface area contributed by atoms with E-state index in [1.807, 2.05) is 0 Å². The molecule has 0 aromatic carbocycles. The SMILES string of the molecule is [B][C@@H](CCC)[C@H](CCCC)N1CCOCC1. The minimum Gasteiger partial charge on any atom is -0.379 e. The van der Waals surface area contributed by atoms with Crippen LogP contribution in [0.5, 0.6) is 0 Å². The van der Waals surface area contributed by atoms with Crippen LogP contribution >= 0.6 is 0 Å². The van der Waals surface area contributed by atoms with Gasteiger partial charge in [-0.15, -0.1) is 0 Å². The molecule has 0 amide bonds. The van der Waals surface area contributed by atoms with Crippen LogP contribution in [-0.4, -0.2) is 45.1 Å². The Morgan fingerprint density at radius 3 is 2.38 bits per heavy atom. The molecule has 0 N–H and O–H groups in total. The average Bonchev–Trinajstić information content (AvgIpc) is 2.31. The quantitative estimate of drug-likeness (QED) is 0.615. The largest absolute Gasteiger partial charge is 0.379 e. The van der Waals surface area contributed by atoms with E-state index in [1.165, 1.54) is 25.7 Å². The number of morpholine rings is 1. The standard InChI is InChI=1S/C13H26BNO/c1-3-5-7-13(12(14)6-4-2)15-8-10-16-11-9-15/h12-13H,3-11H2,1-2H3/t12-,13-/m0/s1. The smallest absolute Gasteiger partial charge is 0.0720 e. The monoisotopic (exact) mass is 223 g/mol. The van der Waals surface area contributed by atoms with Crippen LogP contribution in [0.4, 0.5) is 0 Å². The lowest BCUT2D eigenvalue weighted by molar-refractivity contribution is 0.0123. The third-order valence-electron chi connectivity index (χ3n) is 3.48. The number of nitrogens with zero attached hydrogens (tertiary/aromatic N) is 1. The predicted octanol–water partition coefficient (Wildman–Crippen LogP) is 2.63. The van der Waals surface area contributed by atoms with Crippen LogP contribution < -0.4 is 0 Å². The molecule has 0 bridgehead atoms. The summed E-state index contributed by atoms with van der Waals surface area (Å²) in [6.07, 6.45) is 6.14. The molecule has 1 heterocycles. The van der Waals surface area contributed by atoms with Crippen LogP contribution in [0.2, 0.25) is 5.82 Å². The first-order valence-corrected chi connectivity index (χ1v) is 6.87. The second-order valence-electron chi connectivity index (χ2n) is 4.81. The molecule has 92 valence electrons. The van der Waals surface area contributed by atoms with E-state index in [9.17, 15) is 0 Å². The summed E-state index contributed by atoms with van der Waals surface area (Å²) in [4.78, 5) is 2.54. The maximum atomic E-state index is 6.32. The molecule has 1 rings (SSSR count). The normalized spacial score (nSPS) is 21.9. The van der Waals surface area contributed by atoms with Gasteiger partial charge in [-0.25, -0.2) is 0 Å². The highest BCUT2D eigenvalue weighted by Crippen LogP contribution is 2.24. The molecule has 0 saturated carbocycles. The fourth-order valence-electron chi connectivity index (χ4n) is 2.52. The van der Waals surface area contributed by atoms with Crippen LogP contribution in [0.1, 0.15) is 46.0 Å². The summed E-state index contributed by atoms with van der Waals surface area (Å²) in [5.41, 5.74) is 0. The lowest BCUT2D eigenvalue weighted by Gasteiger charge is -2.38. The van der Waals surface area contributed by atoms with E-state index in [4.69, 9.17) is 12.6 Å². The minimum absolute atomic E-state index is 0.342. The summed E-state index contributed by atoms with van der Waals surface area (Å²) >= 11 is 0. The van der Waals surface area contributed by atoms with Crippen molar-refractivity contribution in [3.05, 3.63) is 0 Å². The highest BCUT2D eigenvalue weighted by atomic mass is 16.5. The van der Waals surface area contributed by atoms with Crippen molar-refractivity contribution in [2.45, 2.75) is 57.8 Å². The van der Waals surface area contributed by atoms with E-state index in [1.54, 1.807) is 0 Å². The Hall–Kier alpha value is -0.0151. The third-order valence-corrected chi connectivity index (χ3v) is 3.48. The molecule has 2 atom stereocenters. The molecule has 0 aromatic rings. The number of hydrogen-bond acceptors (Lipinski definition) is 2. The van der Waals surface area contributed by atoms with Crippen LogP contribution in [-0.2, 0) is 4.74 Å². The molecule has 0 aromatic heterocycles. The fraction of sp³-hybridized carbons (Fsp3) is 1.00. The Morgan fingerprint density at radius 1 is 1.12 bits per heavy atom. The van der Waals surface area contributed by atoms with Crippen molar-refractivity contribution in [2.75, 3.05) is 26.3 Å². The van der Waals surface area contributed by atoms with Gasteiger partial charge in [0, 0.05) is 19.1 Å². The van der Waals surface area contributed by atoms with E-state index >= 15 is 0 Å². The molecule has 1 aliphatic rings. The van der Waals surface area contributed by atoms with E-state index in [2.05, 4.69) is 18.7 Å². The first-order valence-electron chi connectivity index (χ1n) is 6.87. The van der Waals surface area contributed by atoms with E-state index in [0.29, 0.717) is 11.9 Å². The van der Waals surface area contributed by atoms with E-state index in [-0.39, 0.29) is 0 Å². The maximum absolute atomic E-state index is 6.32. The van der Waals surface area contributed by atoms with E-state index in [0.717, 1.165) is 32.7 Å². The van der Waals surface area contributed by atoms with Gasteiger partial charge in [-0.05, 0) is 6.42 Å². The van der Waals surface area contributed by atoms with Crippen molar-refractivity contribution in [3.63, 3.8) is 0 Å². The predicted molar refractivity (Wildman–Crippen MR) is 70.1 cm³/mol. The zero-order valence-electron chi connectivity index (χ0n) is 11.0. The maximum Gasteiger partial charge on any atom is 0.0720 e. The van der Waals surface area contributed by atoms with Crippen LogP contribution in [0, 0.1) is 0 Å². The summed E-state index contributed by atoms with van der Waals surface area (Å²) in [6.45, 7) is 8.35. The molecule has 2 nitrogen and oxygen atoms in total. The van der Waals surface area contributed by atoms with Gasteiger partial charge in [0.2, 0.25) is 0 Å². The number of ether oxygens (including phenoxy) is 1. The van der Waals surface area contributed by atoms with Gasteiger partial charge in [0.15, 0.2) is 0 Å². The first kappa shape index (κ1) is 14.0. The molecule has 0 spiro atoms. The van der Waals surface area contributed by atoms with Crippen molar-refractivity contribution < 1.29 is 4.74 Å². The topological polar surface area (TPSA) is 12.5 Å². The number of hydrogen-bond donors (Lipinski definition) is 0. The Morgan fingerprint density at radius 2 is 1.81 bits per heavy atom. The second kappa shape index (κ2) is 8.13. The Kier molecular flexibility index (Phi) is 7.14. The van der Waals surface area contributed by atoms with Gasteiger partial charge < -0.3 is 4.74 Å². The minimum atomic E-state index is 0.342. The summed E-state index contributed by atoms with van der Waals surface area (Å²) in [5, 5.41) is 0. The number of unbranched alkanes of at least 4 members (excludes halogenated alkanes) is 1. The number of rotatable bonds is 7. The molecular weight excluding hydrogens is 197 g/mol. The first-order chi connectivity index (χ1) is 7.79. The molecular formula is C13H26BNO. The van der Waals surface area contributed by atoms with Crippen molar-refractivity contribution in [3.8, 4) is 0 Å². The fourth-order valence-corrected chi connectivity index (χ4v) is 2.52. The average molecular weight is 223 g/mol. The molecule has 16 heavy (non-hydrogen) atoms. The summed E-state index contributed by atoms with van der Waals surface area (Å²) in [7, 11) is 6.32. The molecule has 2 radical (unpaired) electrons. The van der Waals surface area contributed by atoms with Crippen molar-refractivity contribution in [1.29, 1.82) is 0 Å². The van der Waals surface area contributed by atoms with Gasteiger partial charge in [-0.2, -0.15) is 0 Å². The summed E-state index contributed by atoms with van der Waals surface area (Å²) in [5.74, 6) is 0.342. The van der Waals surface area contributed by atoms with Crippen LogP contribution in [0.15, 0.2) is 0 Å². The van der Waals surface area contributed by atoms with Crippen LogP contribution in [0.3, 0.4) is 0 Å². The van der Waals surface area contributed by atoms with E-state index < -0.39 is 0 Å². The molecule has 0 unspecified atom stereocenters. The zero-order valence-corrected chi connectivity index (χ0v) is 11.0. The highest BCUT2D eigenvalue weighted by Gasteiger charge is 2.24. The molecule has 1 aliphatic heterocycles. The Balaban J connectivity index is 2.46. The second-order valence-corrected chi connectivity index (χ2v) is 4.81. The van der Waals surface area contributed by atoms with Gasteiger partial charge in [0.05, 0.1) is 21.1 Å². The molecule has 1 saturated heterocycles. The highest BCUT2D eigenvalue weighted by molar-refractivity contribution is 6.12. The summed E-state index contributed by atoms with van der Waals surface area (Å²) < 4.78 is 5.41. The van der Waals surface area contributed by atoms with Crippen molar-refractivity contribution in [1.82, 2.24) is 4.90 Å². The van der Waals surface area contributed by atoms with Gasteiger partial charge >= 0.3 is 0 Å². The zero-order chi connectivity index (χ0) is 11.8. The Bertz CT molecular complexity index is 171.